The predicted molar refractivity (Wildman–Crippen MR) is 100 cm³/mol. The molecule has 0 radical (unpaired) electrons. The van der Waals surface area contributed by atoms with E-state index < -0.39 is 15.9 Å². The number of nitrogens with two attached hydrogens (primary N) is 1. The summed E-state index contributed by atoms with van der Waals surface area (Å²) in [4.78, 5) is 19.5. The quantitative estimate of drug-likeness (QED) is 0.694. The number of para-hydroxylation sites is 1. The van der Waals surface area contributed by atoms with Crippen LogP contribution >= 0.6 is 0 Å². The average Bonchev–Trinajstić information content (AvgIpc) is 3.10. The third-order valence-electron chi connectivity index (χ3n) is 4.71. The third kappa shape index (κ3) is 3.06. The van der Waals surface area contributed by atoms with Gasteiger partial charge in [0.15, 0.2) is 0 Å². The second-order valence-electron chi connectivity index (χ2n) is 6.46. The molecule has 0 fully saturated rings. The highest BCUT2D eigenvalue weighted by atomic mass is 32.2. The first kappa shape index (κ1) is 18.3. The van der Waals surface area contributed by atoms with Crippen molar-refractivity contribution in [2.75, 3.05) is 6.54 Å². The van der Waals surface area contributed by atoms with E-state index in [0.29, 0.717) is 24.4 Å². The highest BCUT2D eigenvalue weighted by molar-refractivity contribution is 7.89. The van der Waals surface area contributed by atoms with Crippen LogP contribution in [0, 0.1) is 6.92 Å². The topological polar surface area (TPSA) is 124 Å². The SMILES string of the molecule is Cc1c(S(=O)(=O)N2CCc3cnc(C(N)=O)nc3C2)cnn1-c1ccccc1. The van der Waals surface area contributed by atoms with Crippen LogP contribution in [0.5, 0.6) is 0 Å². The number of aromatic nitrogens is 4. The van der Waals surface area contributed by atoms with E-state index in [1.165, 1.54) is 16.7 Å². The Kier molecular flexibility index (Phi) is 4.44. The Bertz CT molecular complexity index is 1160. The van der Waals surface area contributed by atoms with E-state index in [1.54, 1.807) is 11.6 Å². The Morgan fingerprint density at radius 2 is 1.93 bits per heavy atom. The molecule has 0 unspecified atom stereocenters. The van der Waals surface area contributed by atoms with E-state index in [9.17, 15) is 13.2 Å². The van der Waals surface area contributed by atoms with Gasteiger partial charge in [-0.2, -0.15) is 9.40 Å². The minimum Gasteiger partial charge on any atom is -0.363 e. The molecular formula is C18H18N6O3S. The van der Waals surface area contributed by atoms with Crippen LogP contribution in [0.25, 0.3) is 5.69 Å². The van der Waals surface area contributed by atoms with E-state index in [-0.39, 0.29) is 17.3 Å². The number of amides is 1. The van der Waals surface area contributed by atoms with Gasteiger partial charge in [0, 0.05) is 12.7 Å². The van der Waals surface area contributed by atoms with E-state index >= 15 is 0 Å². The van der Waals surface area contributed by atoms with Crippen molar-refractivity contribution >= 4 is 15.9 Å². The van der Waals surface area contributed by atoms with Crippen LogP contribution in [0.15, 0.2) is 47.6 Å². The maximum Gasteiger partial charge on any atom is 0.286 e. The second-order valence-corrected chi connectivity index (χ2v) is 8.37. The Balaban J connectivity index is 1.68. The highest BCUT2D eigenvalue weighted by Gasteiger charge is 2.32. The fourth-order valence-corrected chi connectivity index (χ4v) is 4.76. The zero-order valence-corrected chi connectivity index (χ0v) is 15.9. The molecule has 0 atom stereocenters. The number of carbonyl (C=O) groups excluding carboxylic acids is 1. The van der Waals surface area contributed by atoms with Crippen LogP contribution in [-0.2, 0) is 23.0 Å². The Morgan fingerprint density at radius 1 is 1.18 bits per heavy atom. The molecule has 10 heteroatoms. The maximum atomic E-state index is 13.2. The van der Waals surface area contributed by atoms with Gasteiger partial charge in [-0.3, -0.25) is 4.79 Å². The van der Waals surface area contributed by atoms with Gasteiger partial charge in [0.2, 0.25) is 15.8 Å². The Hall–Kier alpha value is -3.11. The van der Waals surface area contributed by atoms with Gasteiger partial charge in [0.05, 0.1) is 29.8 Å². The molecule has 2 aromatic heterocycles. The lowest BCUT2D eigenvalue weighted by atomic mass is 10.1. The van der Waals surface area contributed by atoms with Gasteiger partial charge in [-0.05, 0) is 31.0 Å². The summed E-state index contributed by atoms with van der Waals surface area (Å²) in [5.41, 5.74) is 7.84. The highest BCUT2D eigenvalue weighted by Crippen LogP contribution is 2.26. The van der Waals surface area contributed by atoms with Crippen molar-refractivity contribution in [2.24, 2.45) is 5.73 Å². The molecule has 144 valence electrons. The standard InChI is InChI=1S/C18H18N6O3S/c1-12-16(10-21-24(12)14-5-3-2-4-6-14)28(26,27)23-8-7-13-9-20-18(17(19)25)22-15(13)11-23/h2-6,9-10H,7-8,11H2,1H3,(H2,19,25). The minimum absolute atomic E-state index is 0.0520. The summed E-state index contributed by atoms with van der Waals surface area (Å²) in [5.74, 6) is -0.867. The lowest BCUT2D eigenvalue weighted by Gasteiger charge is -2.27. The van der Waals surface area contributed by atoms with Crippen LogP contribution in [0.2, 0.25) is 0 Å². The maximum absolute atomic E-state index is 13.2. The van der Waals surface area contributed by atoms with Crippen molar-refractivity contribution in [3.63, 3.8) is 0 Å². The number of rotatable bonds is 4. The molecular weight excluding hydrogens is 380 g/mol. The molecule has 28 heavy (non-hydrogen) atoms. The first-order chi connectivity index (χ1) is 13.4. The van der Waals surface area contributed by atoms with Gasteiger partial charge in [0.1, 0.15) is 4.90 Å². The largest absolute Gasteiger partial charge is 0.363 e. The number of sulfonamides is 1. The van der Waals surface area contributed by atoms with E-state index in [4.69, 9.17) is 5.73 Å². The van der Waals surface area contributed by atoms with Crippen molar-refractivity contribution in [3.8, 4) is 5.69 Å². The number of carbonyl (C=O) groups is 1. The van der Waals surface area contributed by atoms with Crippen LogP contribution in [0.4, 0.5) is 0 Å². The molecule has 1 amide bonds. The Morgan fingerprint density at radius 3 is 2.64 bits per heavy atom. The molecule has 1 aliphatic heterocycles. The smallest absolute Gasteiger partial charge is 0.286 e. The predicted octanol–water partition coefficient (Wildman–Crippen LogP) is 0.817. The normalized spacial score (nSPS) is 14.6. The van der Waals surface area contributed by atoms with Gasteiger partial charge in [-0.1, -0.05) is 18.2 Å². The number of benzene rings is 1. The number of hydrogen-bond donors (Lipinski definition) is 1. The summed E-state index contributed by atoms with van der Waals surface area (Å²) in [5, 5.41) is 4.25. The molecule has 0 saturated heterocycles. The summed E-state index contributed by atoms with van der Waals surface area (Å²) < 4.78 is 29.4. The second kappa shape index (κ2) is 6.80. The molecule has 1 aromatic carbocycles. The van der Waals surface area contributed by atoms with Crippen LogP contribution in [-0.4, -0.2) is 44.9 Å². The molecule has 0 aliphatic carbocycles. The molecule has 1 aliphatic rings. The molecule has 2 N–H and O–H groups in total. The third-order valence-corrected chi connectivity index (χ3v) is 6.66. The first-order valence-corrected chi connectivity index (χ1v) is 10.1. The lowest BCUT2D eigenvalue weighted by molar-refractivity contribution is 0.0990. The molecule has 0 saturated carbocycles. The van der Waals surface area contributed by atoms with Crippen LogP contribution < -0.4 is 5.73 Å². The summed E-state index contributed by atoms with van der Waals surface area (Å²) in [6, 6.07) is 9.32. The van der Waals surface area contributed by atoms with Crippen molar-refractivity contribution in [1.82, 2.24) is 24.1 Å². The van der Waals surface area contributed by atoms with E-state index in [0.717, 1.165) is 11.3 Å². The number of primary amides is 1. The zero-order chi connectivity index (χ0) is 19.9. The van der Waals surface area contributed by atoms with Crippen LogP contribution in [0.3, 0.4) is 0 Å². The summed E-state index contributed by atoms with van der Waals surface area (Å²) in [6.45, 7) is 2.07. The number of fused-ring (bicyclic) bond motifs is 1. The molecule has 9 nitrogen and oxygen atoms in total. The summed E-state index contributed by atoms with van der Waals surface area (Å²) in [7, 11) is -3.78. The first-order valence-electron chi connectivity index (χ1n) is 8.62. The number of nitrogens with zero attached hydrogens (tertiary/aromatic N) is 5. The fraction of sp³-hybridized carbons (Fsp3) is 0.222. The van der Waals surface area contributed by atoms with E-state index in [2.05, 4.69) is 15.1 Å². The zero-order valence-electron chi connectivity index (χ0n) is 15.1. The molecule has 3 aromatic rings. The minimum atomic E-state index is -3.78. The van der Waals surface area contributed by atoms with Gasteiger partial charge in [-0.15, -0.1) is 0 Å². The lowest BCUT2D eigenvalue weighted by Crippen LogP contribution is -2.37. The van der Waals surface area contributed by atoms with E-state index in [1.807, 2.05) is 30.3 Å². The number of hydrogen-bond acceptors (Lipinski definition) is 6. The van der Waals surface area contributed by atoms with Crippen molar-refractivity contribution in [3.05, 3.63) is 65.5 Å². The average molecular weight is 398 g/mol. The van der Waals surface area contributed by atoms with Crippen molar-refractivity contribution in [1.29, 1.82) is 0 Å². The van der Waals surface area contributed by atoms with Gasteiger partial charge < -0.3 is 5.73 Å². The summed E-state index contributed by atoms with van der Waals surface area (Å²) >= 11 is 0. The molecule has 3 heterocycles. The van der Waals surface area contributed by atoms with Crippen molar-refractivity contribution < 1.29 is 13.2 Å². The van der Waals surface area contributed by atoms with Gasteiger partial charge >= 0.3 is 0 Å². The summed E-state index contributed by atoms with van der Waals surface area (Å²) in [6.07, 6.45) is 3.35. The van der Waals surface area contributed by atoms with Gasteiger partial charge in [0.25, 0.3) is 5.91 Å². The van der Waals surface area contributed by atoms with Gasteiger partial charge in [-0.25, -0.2) is 23.1 Å². The monoisotopic (exact) mass is 398 g/mol. The molecule has 0 bridgehead atoms. The molecule has 4 rings (SSSR count). The fourth-order valence-electron chi connectivity index (χ4n) is 3.22. The van der Waals surface area contributed by atoms with Crippen LogP contribution in [0.1, 0.15) is 27.6 Å². The van der Waals surface area contributed by atoms with Crippen molar-refractivity contribution in [2.45, 2.75) is 24.8 Å². The molecule has 0 spiro atoms. The Labute approximate surface area is 161 Å².